The van der Waals surface area contributed by atoms with Crippen LogP contribution in [0, 0.1) is 0 Å². The quantitative estimate of drug-likeness (QED) is 0.412. The number of hydrogen-bond donors (Lipinski definition) is 3. The maximum Gasteiger partial charge on any atom is 0.191 e. The summed E-state index contributed by atoms with van der Waals surface area (Å²) in [7, 11) is 4.27. The minimum absolute atomic E-state index is 0.0948. The molecule has 1 heterocycles. The van der Waals surface area contributed by atoms with Gasteiger partial charge in [0.2, 0.25) is 0 Å². The van der Waals surface area contributed by atoms with E-state index < -0.39 is 5.60 Å². The molecule has 1 fully saturated rings. The standard InChI is InChI=1S/C19H40N4O2/c1-6-9-19(24,10-7-2)16-22-17(20-8-3)21-15-18(23(4)5)11-13-25-14-12-18/h24H,6-16H2,1-5H3,(H2,20,21,22). The van der Waals surface area contributed by atoms with E-state index in [1.54, 1.807) is 0 Å². The molecule has 0 unspecified atom stereocenters. The van der Waals surface area contributed by atoms with Crippen LogP contribution >= 0.6 is 0 Å². The van der Waals surface area contributed by atoms with Crippen molar-refractivity contribution in [3.05, 3.63) is 0 Å². The Bertz CT molecular complexity index is 387. The monoisotopic (exact) mass is 356 g/mol. The van der Waals surface area contributed by atoms with E-state index >= 15 is 0 Å². The summed E-state index contributed by atoms with van der Waals surface area (Å²) in [6.45, 7) is 9.99. The molecule has 6 nitrogen and oxygen atoms in total. The smallest absolute Gasteiger partial charge is 0.191 e. The zero-order chi connectivity index (χ0) is 18.8. The van der Waals surface area contributed by atoms with E-state index in [9.17, 15) is 5.11 Å². The number of nitrogens with one attached hydrogen (secondary N) is 2. The normalized spacial score (nSPS) is 18.4. The molecule has 1 aliphatic rings. The molecule has 0 aromatic heterocycles. The minimum Gasteiger partial charge on any atom is -0.388 e. The van der Waals surface area contributed by atoms with Crippen molar-refractivity contribution in [3.63, 3.8) is 0 Å². The van der Waals surface area contributed by atoms with Crippen LogP contribution in [0.2, 0.25) is 0 Å². The first-order valence-corrected chi connectivity index (χ1v) is 9.91. The molecule has 0 bridgehead atoms. The Hall–Kier alpha value is -0.850. The Morgan fingerprint density at radius 1 is 1.12 bits per heavy atom. The number of nitrogens with zero attached hydrogens (tertiary/aromatic N) is 2. The highest BCUT2D eigenvalue weighted by molar-refractivity contribution is 5.79. The third-order valence-electron chi connectivity index (χ3n) is 5.26. The second-order valence-electron chi connectivity index (χ2n) is 7.50. The first-order valence-electron chi connectivity index (χ1n) is 9.91. The second-order valence-corrected chi connectivity index (χ2v) is 7.50. The zero-order valence-electron chi connectivity index (χ0n) is 17.0. The number of aliphatic imine (C=N–C) groups is 1. The molecular weight excluding hydrogens is 316 g/mol. The summed E-state index contributed by atoms with van der Waals surface area (Å²) in [5, 5.41) is 17.6. The van der Waals surface area contributed by atoms with Crippen LogP contribution < -0.4 is 10.6 Å². The van der Waals surface area contributed by atoms with Crippen molar-refractivity contribution in [2.24, 2.45) is 4.99 Å². The van der Waals surface area contributed by atoms with Crippen LogP contribution in [0.3, 0.4) is 0 Å². The molecule has 0 spiro atoms. The second kappa shape index (κ2) is 11.0. The number of likely N-dealkylation sites (N-methyl/N-ethyl adjacent to an activating group) is 1. The minimum atomic E-state index is -0.691. The van der Waals surface area contributed by atoms with Gasteiger partial charge in [0.05, 0.1) is 12.1 Å². The molecule has 0 aliphatic carbocycles. The van der Waals surface area contributed by atoms with Crippen molar-refractivity contribution in [1.29, 1.82) is 0 Å². The maximum atomic E-state index is 10.8. The van der Waals surface area contributed by atoms with Crippen molar-refractivity contribution >= 4 is 5.96 Å². The van der Waals surface area contributed by atoms with E-state index in [1.165, 1.54) is 0 Å². The van der Waals surface area contributed by atoms with Crippen LogP contribution in [0.1, 0.15) is 59.3 Å². The predicted molar refractivity (Wildman–Crippen MR) is 105 cm³/mol. The van der Waals surface area contributed by atoms with Crippen LogP contribution in [0.4, 0.5) is 0 Å². The van der Waals surface area contributed by atoms with Gasteiger partial charge in [0.15, 0.2) is 5.96 Å². The van der Waals surface area contributed by atoms with Gasteiger partial charge in [-0.05, 0) is 46.7 Å². The molecule has 0 atom stereocenters. The first-order chi connectivity index (χ1) is 11.9. The van der Waals surface area contributed by atoms with Crippen molar-refractivity contribution in [1.82, 2.24) is 15.5 Å². The largest absolute Gasteiger partial charge is 0.388 e. The fourth-order valence-electron chi connectivity index (χ4n) is 3.56. The molecular formula is C19H40N4O2. The van der Waals surface area contributed by atoms with Crippen LogP contribution in [-0.2, 0) is 4.74 Å². The lowest BCUT2D eigenvalue weighted by Crippen LogP contribution is -2.57. The lowest BCUT2D eigenvalue weighted by Gasteiger charge is -2.43. The van der Waals surface area contributed by atoms with Gasteiger partial charge in [-0.2, -0.15) is 0 Å². The Kier molecular flexibility index (Phi) is 9.75. The molecule has 6 heteroatoms. The van der Waals surface area contributed by atoms with Gasteiger partial charge in [-0.25, -0.2) is 0 Å². The summed E-state index contributed by atoms with van der Waals surface area (Å²) in [6, 6.07) is 0. The average molecular weight is 357 g/mol. The number of hydrogen-bond acceptors (Lipinski definition) is 4. The van der Waals surface area contributed by atoms with Crippen molar-refractivity contribution in [3.8, 4) is 0 Å². The van der Waals surface area contributed by atoms with Gasteiger partial charge in [0.25, 0.3) is 0 Å². The Morgan fingerprint density at radius 2 is 1.72 bits per heavy atom. The van der Waals surface area contributed by atoms with E-state index in [0.29, 0.717) is 6.54 Å². The third-order valence-corrected chi connectivity index (χ3v) is 5.26. The average Bonchev–Trinajstić information content (AvgIpc) is 2.58. The van der Waals surface area contributed by atoms with Crippen LogP contribution in [0.15, 0.2) is 4.99 Å². The Labute approximate surface area is 154 Å². The highest BCUT2D eigenvalue weighted by atomic mass is 16.5. The molecule has 0 aromatic carbocycles. The lowest BCUT2D eigenvalue weighted by molar-refractivity contribution is -0.00505. The van der Waals surface area contributed by atoms with Gasteiger partial charge in [-0.15, -0.1) is 0 Å². The topological polar surface area (TPSA) is 69.1 Å². The molecule has 0 saturated carbocycles. The van der Waals surface area contributed by atoms with Crippen molar-refractivity contribution < 1.29 is 9.84 Å². The predicted octanol–water partition coefficient (Wildman–Crippen LogP) is 1.98. The molecule has 1 saturated heterocycles. The van der Waals surface area contributed by atoms with E-state index in [-0.39, 0.29) is 5.54 Å². The lowest BCUT2D eigenvalue weighted by atomic mass is 9.88. The summed E-state index contributed by atoms with van der Waals surface area (Å²) < 4.78 is 5.54. The molecule has 0 aromatic rings. The Morgan fingerprint density at radius 3 is 2.20 bits per heavy atom. The van der Waals surface area contributed by atoms with Gasteiger partial charge in [0, 0.05) is 31.8 Å². The van der Waals surface area contributed by atoms with E-state index in [2.05, 4.69) is 50.4 Å². The fraction of sp³-hybridized carbons (Fsp3) is 0.947. The molecule has 0 radical (unpaired) electrons. The van der Waals surface area contributed by atoms with Gasteiger partial charge < -0.3 is 25.4 Å². The first kappa shape index (κ1) is 22.2. The molecule has 148 valence electrons. The van der Waals surface area contributed by atoms with E-state index in [1.807, 2.05) is 0 Å². The number of aliphatic hydroxyl groups is 1. The van der Waals surface area contributed by atoms with E-state index in [0.717, 1.165) is 70.8 Å². The van der Waals surface area contributed by atoms with Crippen molar-refractivity contribution in [2.45, 2.75) is 70.4 Å². The number of guanidine groups is 1. The molecule has 25 heavy (non-hydrogen) atoms. The molecule has 3 N–H and O–H groups in total. The van der Waals surface area contributed by atoms with Gasteiger partial charge in [0.1, 0.15) is 0 Å². The molecule has 0 amide bonds. The zero-order valence-corrected chi connectivity index (χ0v) is 17.0. The fourth-order valence-corrected chi connectivity index (χ4v) is 3.56. The van der Waals surface area contributed by atoms with Gasteiger partial charge >= 0.3 is 0 Å². The SMILES string of the molecule is CCCC(O)(CCC)CN=C(NCC)NCC1(N(C)C)CCOCC1. The van der Waals surface area contributed by atoms with Gasteiger partial charge in [-0.1, -0.05) is 26.7 Å². The van der Waals surface area contributed by atoms with Crippen LogP contribution in [-0.4, -0.2) is 74.0 Å². The number of rotatable bonds is 10. The summed E-state index contributed by atoms with van der Waals surface area (Å²) in [4.78, 5) is 6.99. The summed E-state index contributed by atoms with van der Waals surface area (Å²) >= 11 is 0. The van der Waals surface area contributed by atoms with Crippen LogP contribution in [0.5, 0.6) is 0 Å². The third kappa shape index (κ3) is 7.12. The number of ether oxygens (including phenoxy) is 1. The molecule has 1 aliphatic heterocycles. The van der Waals surface area contributed by atoms with Gasteiger partial charge in [-0.3, -0.25) is 4.99 Å². The maximum absolute atomic E-state index is 10.8. The van der Waals surface area contributed by atoms with E-state index in [4.69, 9.17) is 9.73 Å². The summed E-state index contributed by atoms with van der Waals surface area (Å²) in [5.41, 5.74) is -0.596. The van der Waals surface area contributed by atoms with Crippen LogP contribution in [0.25, 0.3) is 0 Å². The Balaban J connectivity index is 2.74. The highest BCUT2D eigenvalue weighted by Gasteiger charge is 2.35. The highest BCUT2D eigenvalue weighted by Crippen LogP contribution is 2.25. The van der Waals surface area contributed by atoms with Crippen molar-refractivity contribution in [2.75, 3.05) is 46.9 Å². The molecule has 1 rings (SSSR count). The summed E-state index contributed by atoms with van der Waals surface area (Å²) in [5.74, 6) is 0.792. The summed E-state index contributed by atoms with van der Waals surface area (Å²) in [6.07, 6.45) is 5.56.